The molecular weight excluding hydrogens is 286 g/mol. The smallest absolute Gasteiger partial charge is 0.191 e. The topological polar surface area (TPSA) is 45.7 Å². The van der Waals surface area contributed by atoms with Crippen molar-refractivity contribution in [1.29, 1.82) is 0 Å². The Bertz CT molecular complexity index is 420. The molecule has 21 heavy (non-hydrogen) atoms. The van der Waals surface area contributed by atoms with Gasteiger partial charge in [-0.2, -0.15) is 0 Å². The second-order valence-corrected chi connectivity index (χ2v) is 5.43. The number of halogens is 1. The fourth-order valence-electron chi connectivity index (χ4n) is 1.97. The highest BCUT2D eigenvalue weighted by atomic mass is 35.5. The van der Waals surface area contributed by atoms with Crippen molar-refractivity contribution in [2.24, 2.45) is 4.99 Å². The lowest BCUT2D eigenvalue weighted by molar-refractivity contribution is 0.179. The van der Waals surface area contributed by atoms with Crippen LogP contribution in [0.4, 0.5) is 0 Å². The Morgan fingerprint density at radius 1 is 1.33 bits per heavy atom. The van der Waals surface area contributed by atoms with E-state index < -0.39 is 0 Å². The van der Waals surface area contributed by atoms with Gasteiger partial charge >= 0.3 is 0 Å². The van der Waals surface area contributed by atoms with Gasteiger partial charge in [-0.25, -0.2) is 0 Å². The van der Waals surface area contributed by atoms with Crippen molar-refractivity contribution in [2.75, 3.05) is 26.8 Å². The van der Waals surface area contributed by atoms with Crippen LogP contribution in [-0.4, -0.2) is 38.8 Å². The first-order valence-electron chi connectivity index (χ1n) is 7.44. The van der Waals surface area contributed by atoms with Gasteiger partial charge in [0.15, 0.2) is 5.96 Å². The van der Waals surface area contributed by atoms with E-state index in [9.17, 15) is 0 Å². The second-order valence-electron chi connectivity index (χ2n) is 4.99. The summed E-state index contributed by atoms with van der Waals surface area (Å²) in [5, 5.41) is 7.35. The molecule has 0 aliphatic heterocycles. The van der Waals surface area contributed by atoms with E-state index in [0.717, 1.165) is 36.9 Å². The van der Waals surface area contributed by atoms with E-state index in [-0.39, 0.29) is 6.04 Å². The summed E-state index contributed by atoms with van der Waals surface area (Å²) in [5.74, 6) is 0.846. The number of aliphatic imine (C=N–C) groups is 1. The van der Waals surface area contributed by atoms with E-state index >= 15 is 0 Å². The minimum absolute atomic E-state index is 0.240. The first-order valence-corrected chi connectivity index (χ1v) is 7.81. The van der Waals surface area contributed by atoms with E-state index in [1.54, 1.807) is 7.11 Å². The first-order chi connectivity index (χ1) is 10.2. The molecule has 0 bridgehead atoms. The number of nitrogens with zero attached hydrogens (tertiary/aromatic N) is 1. The lowest BCUT2D eigenvalue weighted by Crippen LogP contribution is -2.44. The zero-order valence-electron chi connectivity index (χ0n) is 13.2. The molecule has 4 nitrogen and oxygen atoms in total. The van der Waals surface area contributed by atoms with Crippen molar-refractivity contribution >= 4 is 17.6 Å². The molecule has 0 saturated carbocycles. The Hall–Kier alpha value is -1.26. The van der Waals surface area contributed by atoms with Gasteiger partial charge in [0.25, 0.3) is 0 Å². The standard InChI is InChI=1S/C16H26ClN3O/c1-4-18-16(20-13(2)12-21-3)19-11-5-6-14-7-9-15(17)10-8-14/h7-10,13H,4-6,11-12H2,1-3H3,(H2,18,19,20). The minimum Gasteiger partial charge on any atom is -0.383 e. The molecule has 1 unspecified atom stereocenters. The van der Waals surface area contributed by atoms with Gasteiger partial charge in [0.2, 0.25) is 0 Å². The molecule has 0 saturated heterocycles. The Morgan fingerprint density at radius 2 is 2.05 bits per heavy atom. The summed E-state index contributed by atoms with van der Waals surface area (Å²) in [7, 11) is 1.70. The predicted octanol–water partition coefficient (Wildman–Crippen LogP) is 2.86. The molecule has 1 aromatic rings. The molecule has 0 aliphatic rings. The Balaban J connectivity index is 2.37. The number of benzene rings is 1. The van der Waals surface area contributed by atoms with Gasteiger partial charge in [-0.15, -0.1) is 0 Å². The minimum atomic E-state index is 0.240. The molecule has 0 aliphatic carbocycles. The number of ether oxygens (including phenoxy) is 1. The van der Waals surface area contributed by atoms with Crippen LogP contribution >= 0.6 is 11.6 Å². The maximum atomic E-state index is 5.87. The predicted molar refractivity (Wildman–Crippen MR) is 90.2 cm³/mol. The highest BCUT2D eigenvalue weighted by molar-refractivity contribution is 6.30. The van der Waals surface area contributed by atoms with Crippen molar-refractivity contribution in [3.05, 3.63) is 34.9 Å². The van der Waals surface area contributed by atoms with Gasteiger partial charge in [0.1, 0.15) is 0 Å². The van der Waals surface area contributed by atoms with Crippen LogP contribution in [0.5, 0.6) is 0 Å². The third-order valence-electron chi connectivity index (χ3n) is 2.95. The summed E-state index contributed by atoms with van der Waals surface area (Å²) in [6, 6.07) is 8.23. The highest BCUT2D eigenvalue weighted by Gasteiger charge is 2.03. The molecule has 1 aromatic carbocycles. The van der Waals surface area contributed by atoms with E-state index in [2.05, 4.69) is 41.6 Å². The Kier molecular flexibility index (Phi) is 8.87. The maximum Gasteiger partial charge on any atom is 0.191 e. The highest BCUT2D eigenvalue weighted by Crippen LogP contribution is 2.10. The van der Waals surface area contributed by atoms with Crippen LogP contribution in [0.25, 0.3) is 0 Å². The third kappa shape index (κ3) is 7.93. The average Bonchev–Trinajstić information content (AvgIpc) is 2.46. The number of aryl methyl sites for hydroxylation is 1. The van der Waals surface area contributed by atoms with Crippen molar-refractivity contribution in [3.63, 3.8) is 0 Å². The van der Waals surface area contributed by atoms with Crippen LogP contribution < -0.4 is 10.6 Å². The van der Waals surface area contributed by atoms with Crippen LogP contribution in [0.15, 0.2) is 29.3 Å². The second kappa shape index (κ2) is 10.5. The van der Waals surface area contributed by atoms with E-state index in [0.29, 0.717) is 6.61 Å². The molecule has 0 fully saturated rings. The number of rotatable bonds is 8. The monoisotopic (exact) mass is 311 g/mol. The Labute approximate surface area is 132 Å². The maximum absolute atomic E-state index is 5.87. The number of hydrogen-bond donors (Lipinski definition) is 2. The van der Waals surface area contributed by atoms with Crippen LogP contribution in [-0.2, 0) is 11.2 Å². The van der Waals surface area contributed by atoms with E-state index in [1.165, 1.54) is 5.56 Å². The molecule has 0 heterocycles. The Morgan fingerprint density at radius 3 is 2.67 bits per heavy atom. The molecule has 118 valence electrons. The molecule has 5 heteroatoms. The quantitative estimate of drug-likeness (QED) is 0.441. The molecule has 2 N–H and O–H groups in total. The van der Waals surface area contributed by atoms with Crippen LogP contribution in [0, 0.1) is 0 Å². The molecule has 0 spiro atoms. The number of hydrogen-bond acceptors (Lipinski definition) is 2. The van der Waals surface area contributed by atoms with Crippen molar-refractivity contribution in [1.82, 2.24) is 10.6 Å². The summed E-state index contributed by atoms with van der Waals surface area (Å²) >= 11 is 5.87. The summed E-state index contributed by atoms with van der Waals surface area (Å²) in [6.07, 6.45) is 2.02. The van der Waals surface area contributed by atoms with Gasteiger partial charge in [-0.05, 0) is 44.4 Å². The van der Waals surface area contributed by atoms with E-state index in [4.69, 9.17) is 16.3 Å². The van der Waals surface area contributed by atoms with Crippen molar-refractivity contribution in [3.8, 4) is 0 Å². The number of nitrogens with one attached hydrogen (secondary N) is 2. The third-order valence-corrected chi connectivity index (χ3v) is 3.20. The molecule has 0 radical (unpaired) electrons. The largest absolute Gasteiger partial charge is 0.383 e. The lowest BCUT2D eigenvalue weighted by atomic mass is 10.1. The van der Waals surface area contributed by atoms with Crippen LogP contribution in [0.1, 0.15) is 25.8 Å². The molecular formula is C16H26ClN3O. The lowest BCUT2D eigenvalue weighted by Gasteiger charge is -2.16. The van der Waals surface area contributed by atoms with Crippen LogP contribution in [0.2, 0.25) is 5.02 Å². The molecule has 1 atom stereocenters. The first kappa shape index (κ1) is 17.8. The number of methoxy groups -OCH3 is 1. The molecule has 0 amide bonds. The zero-order valence-corrected chi connectivity index (χ0v) is 13.9. The molecule has 1 rings (SSSR count). The molecule has 0 aromatic heterocycles. The normalized spacial score (nSPS) is 13.0. The fraction of sp³-hybridized carbons (Fsp3) is 0.562. The van der Waals surface area contributed by atoms with Gasteiger partial charge in [-0.3, -0.25) is 4.99 Å². The summed E-state index contributed by atoms with van der Waals surface area (Å²) in [6.45, 7) is 6.44. The average molecular weight is 312 g/mol. The van der Waals surface area contributed by atoms with Crippen LogP contribution in [0.3, 0.4) is 0 Å². The number of guanidine groups is 1. The van der Waals surface area contributed by atoms with Gasteiger partial charge in [0, 0.05) is 31.3 Å². The van der Waals surface area contributed by atoms with Gasteiger partial charge < -0.3 is 15.4 Å². The zero-order chi connectivity index (χ0) is 15.5. The fourth-order valence-corrected chi connectivity index (χ4v) is 2.10. The van der Waals surface area contributed by atoms with E-state index in [1.807, 2.05) is 12.1 Å². The SMILES string of the molecule is CCNC(=NCCCc1ccc(Cl)cc1)NC(C)COC. The van der Waals surface area contributed by atoms with Gasteiger partial charge in [0.05, 0.1) is 6.61 Å². The summed E-state index contributed by atoms with van der Waals surface area (Å²) in [5.41, 5.74) is 1.29. The van der Waals surface area contributed by atoms with Crippen molar-refractivity contribution < 1.29 is 4.74 Å². The summed E-state index contributed by atoms with van der Waals surface area (Å²) in [4.78, 5) is 4.58. The van der Waals surface area contributed by atoms with Crippen molar-refractivity contribution in [2.45, 2.75) is 32.7 Å². The summed E-state index contributed by atoms with van der Waals surface area (Å²) < 4.78 is 5.12. The van der Waals surface area contributed by atoms with Gasteiger partial charge in [-0.1, -0.05) is 23.7 Å².